The molecule has 1 aromatic rings. The largest absolute Gasteiger partial charge is 0.466 e. The topological polar surface area (TPSA) is 82.1 Å². The van der Waals surface area contributed by atoms with Crippen LogP contribution < -0.4 is 4.90 Å². The molecule has 2 saturated heterocycles. The van der Waals surface area contributed by atoms with Crippen LogP contribution in [-0.2, 0) is 28.6 Å². The van der Waals surface area contributed by atoms with E-state index in [0.717, 1.165) is 18.4 Å². The number of hydrogen-bond acceptors (Lipinski definition) is 6. The predicted octanol–water partition coefficient (Wildman–Crippen LogP) is 2.45. The van der Waals surface area contributed by atoms with E-state index in [0.29, 0.717) is 25.3 Å². The van der Waals surface area contributed by atoms with E-state index in [1.807, 2.05) is 12.1 Å². The fraction of sp³-hybridized carbons (Fsp3) is 0.522. The summed E-state index contributed by atoms with van der Waals surface area (Å²) in [6.07, 6.45) is 4.10. The molecule has 1 aromatic carbocycles. The zero-order valence-electron chi connectivity index (χ0n) is 16.9. The third-order valence-corrected chi connectivity index (χ3v) is 6.76. The summed E-state index contributed by atoms with van der Waals surface area (Å²) in [6.45, 7) is 2.90. The van der Waals surface area contributed by atoms with E-state index in [1.54, 1.807) is 31.2 Å². The summed E-state index contributed by atoms with van der Waals surface area (Å²) < 4.78 is 17.3. The van der Waals surface area contributed by atoms with Gasteiger partial charge < -0.3 is 14.2 Å². The number of esters is 1. The van der Waals surface area contributed by atoms with Crippen molar-refractivity contribution in [3.8, 4) is 0 Å². The highest BCUT2D eigenvalue weighted by atomic mass is 16.7. The summed E-state index contributed by atoms with van der Waals surface area (Å²) >= 11 is 0. The van der Waals surface area contributed by atoms with Crippen molar-refractivity contribution in [1.82, 2.24) is 0 Å². The molecular weight excluding hydrogens is 386 g/mol. The summed E-state index contributed by atoms with van der Waals surface area (Å²) in [6, 6.07) is 8.90. The first kappa shape index (κ1) is 19.5. The maximum atomic E-state index is 13.6. The van der Waals surface area contributed by atoms with Crippen LogP contribution in [0, 0.1) is 23.7 Å². The molecule has 158 valence electrons. The van der Waals surface area contributed by atoms with Crippen molar-refractivity contribution in [2.24, 2.45) is 23.7 Å². The molecule has 0 N–H and O–H groups in total. The Hall–Kier alpha value is -2.51. The van der Waals surface area contributed by atoms with E-state index < -0.39 is 29.5 Å². The van der Waals surface area contributed by atoms with Crippen LogP contribution in [-0.4, -0.2) is 43.4 Å². The molecule has 3 fully saturated rings. The number of amides is 2. The van der Waals surface area contributed by atoms with Gasteiger partial charge >= 0.3 is 5.97 Å². The summed E-state index contributed by atoms with van der Waals surface area (Å²) in [5.74, 6) is -4.34. The van der Waals surface area contributed by atoms with Gasteiger partial charge in [0.2, 0.25) is 11.8 Å². The lowest BCUT2D eigenvalue weighted by atomic mass is 9.62. The average Bonchev–Trinajstić information content (AvgIpc) is 3.32. The Balaban J connectivity index is 1.61. The zero-order chi connectivity index (χ0) is 20.9. The number of carbonyl (C=O) groups excluding carboxylic acids is 3. The Morgan fingerprint density at radius 2 is 1.83 bits per heavy atom. The molecule has 0 radical (unpaired) electrons. The fourth-order valence-corrected chi connectivity index (χ4v) is 5.62. The third kappa shape index (κ3) is 2.76. The first-order valence-electron chi connectivity index (χ1n) is 10.7. The Labute approximate surface area is 175 Å². The van der Waals surface area contributed by atoms with Gasteiger partial charge in [-0.25, -0.2) is 0 Å². The van der Waals surface area contributed by atoms with Crippen LogP contribution in [0.1, 0.15) is 26.2 Å². The quantitative estimate of drug-likeness (QED) is 0.432. The number of fused-ring (bicyclic) bond motifs is 4. The van der Waals surface area contributed by atoms with Gasteiger partial charge in [-0.3, -0.25) is 19.3 Å². The molecular formula is C23H25NO6. The van der Waals surface area contributed by atoms with Gasteiger partial charge in [-0.2, -0.15) is 0 Å². The van der Waals surface area contributed by atoms with E-state index in [9.17, 15) is 14.4 Å². The number of rotatable bonds is 3. The molecule has 1 spiro atoms. The van der Waals surface area contributed by atoms with E-state index in [-0.39, 0.29) is 24.3 Å². The van der Waals surface area contributed by atoms with Gasteiger partial charge in [0.15, 0.2) is 5.79 Å². The maximum Gasteiger partial charge on any atom is 0.313 e. The summed E-state index contributed by atoms with van der Waals surface area (Å²) in [5, 5.41) is 0. The number of anilines is 1. The van der Waals surface area contributed by atoms with Crippen LogP contribution in [0.5, 0.6) is 0 Å². The number of carbonyl (C=O) groups is 3. The number of nitrogens with zero attached hydrogens (tertiary/aromatic N) is 1. The number of para-hydroxylation sites is 1. The minimum Gasteiger partial charge on any atom is -0.466 e. The first-order valence-corrected chi connectivity index (χ1v) is 10.7. The number of imide groups is 1. The van der Waals surface area contributed by atoms with E-state index in [2.05, 4.69) is 0 Å². The number of hydrogen-bond donors (Lipinski definition) is 0. The van der Waals surface area contributed by atoms with E-state index in [1.165, 1.54) is 4.90 Å². The van der Waals surface area contributed by atoms with Crippen molar-refractivity contribution in [1.29, 1.82) is 0 Å². The van der Waals surface area contributed by atoms with E-state index >= 15 is 0 Å². The Morgan fingerprint density at radius 1 is 1.13 bits per heavy atom. The molecule has 2 aliphatic carbocycles. The lowest BCUT2D eigenvalue weighted by molar-refractivity contribution is -0.161. The lowest BCUT2D eigenvalue weighted by Crippen LogP contribution is -2.49. The van der Waals surface area contributed by atoms with Crippen molar-refractivity contribution in [2.45, 2.75) is 32.0 Å². The second-order valence-corrected chi connectivity index (χ2v) is 8.25. The molecule has 2 aliphatic heterocycles. The smallest absolute Gasteiger partial charge is 0.313 e. The third-order valence-electron chi connectivity index (χ3n) is 6.76. The molecule has 2 amide bonds. The molecule has 0 bridgehead atoms. The molecule has 4 atom stereocenters. The van der Waals surface area contributed by atoms with Crippen molar-refractivity contribution in [3.63, 3.8) is 0 Å². The lowest BCUT2D eigenvalue weighted by Gasteiger charge is -2.45. The Bertz CT molecular complexity index is 904. The molecule has 30 heavy (non-hydrogen) atoms. The molecule has 7 heteroatoms. The monoisotopic (exact) mass is 411 g/mol. The summed E-state index contributed by atoms with van der Waals surface area (Å²) in [7, 11) is 0. The van der Waals surface area contributed by atoms with Crippen molar-refractivity contribution in [3.05, 3.63) is 42.0 Å². The van der Waals surface area contributed by atoms with E-state index in [4.69, 9.17) is 14.2 Å². The maximum absolute atomic E-state index is 13.6. The van der Waals surface area contributed by atoms with Gasteiger partial charge in [0.05, 0.1) is 43.3 Å². The van der Waals surface area contributed by atoms with Crippen LogP contribution in [0.15, 0.2) is 42.0 Å². The van der Waals surface area contributed by atoms with Crippen molar-refractivity contribution < 1.29 is 28.6 Å². The standard InChI is InChI=1S/C23H25NO6/c1-2-28-22(27)16-13-17-15(9-6-10-23(17)29-11-12-30-23)18-19(16)21(26)24(20(18)25)14-7-4-3-5-8-14/h3-5,7-8,13,15-16,18-19H,2,6,9-12H2,1H3/t15-,16+,18-,19+/m0/s1. The zero-order valence-corrected chi connectivity index (χ0v) is 16.9. The van der Waals surface area contributed by atoms with Gasteiger partial charge in [-0.15, -0.1) is 0 Å². The van der Waals surface area contributed by atoms with Crippen LogP contribution in [0.4, 0.5) is 5.69 Å². The van der Waals surface area contributed by atoms with Crippen LogP contribution in [0.25, 0.3) is 0 Å². The van der Waals surface area contributed by atoms with Crippen molar-refractivity contribution in [2.75, 3.05) is 24.7 Å². The minimum absolute atomic E-state index is 0.183. The molecule has 0 aromatic heterocycles. The van der Waals surface area contributed by atoms with Gasteiger partial charge in [0.25, 0.3) is 0 Å². The predicted molar refractivity (Wildman–Crippen MR) is 106 cm³/mol. The molecule has 2 heterocycles. The molecule has 0 unspecified atom stereocenters. The highest BCUT2D eigenvalue weighted by molar-refractivity contribution is 6.23. The van der Waals surface area contributed by atoms with Crippen molar-refractivity contribution >= 4 is 23.5 Å². The Kier molecular flexibility index (Phi) is 4.75. The molecule has 1 saturated carbocycles. The molecule has 5 rings (SSSR count). The fourth-order valence-electron chi connectivity index (χ4n) is 5.62. The van der Waals surface area contributed by atoms with Gasteiger partial charge in [-0.1, -0.05) is 24.3 Å². The second-order valence-electron chi connectivity index (χ2n) is 8.25. The highest BCUT2D eigenvalue weighted by Gasteiger charge is 2.62. The molecule has 4 aliphatic rings. The van der Waals surface area contributed by atoms with Crippen LogP contribution >= 0.6 is 0 Å². The van der Waals surface area contributed by atoms with Gasteiger partial charge in [0.1, 0.15) is 0 Å². The van der Waals surface area contributed by atoms with Crippen LogP contribution in [0.3, 0.4) is 0 Å². The summed E-state index contributed by atoms with van der Waals surface area (Å²) in [5.41, 5.74) is 1.37. The van der Waals surface area contributed by atoms with Crippen LogP contribution in [0.2, 0.25) is 0 Å². The normalized spacial score (nSPS) is 32.0. The number of benzene rings is 1. The second kappa shape index (κ2) is 7.32. The summed E-state index contributed by atoms with van der Waals surface area (Å²) in [4.78, 5) is 41.2. The van der Waals surface area contributed by atoms with Gasteiger partial charge in [-0.05, 0) is 43.4 Å². The van der Waals surface area contributed by atoms with Gasteiger partial charge in [0, 0.05) is 6.42 Å². The average molecular weight is 411 g/mol. The first-order chi connectivity index (χ1) is 14.6. The SMILES string of the molecule is CCOC(=O)[C@@H]1C=C2[C@H](CCCC23OCCO3)[C@@H]2C(=O)N(c3ccccc3)C(=O)[C@@H]21. The molecule has 7 nitrogen and oxygen atoms in total. The number of ether oxygens (including phenoxy) is 3. The Morgan fingerprint density at radius 3 is 2.53 bits per heavy atom. The highest BCUT2D eigenvalue weighted by Crippen LogP contribution is 2.55. The minimum atomic E-state index is -0.887.